The van der Waals surface area contributed by atoms with Crippen molar-refractivity contribution in [2.24, 2.45) is 0 Å². The van der Waals surface area contributed by atoms with Crippen molar-refractivity contribution in [3.8, 4) is 23.4 Å². The van der Waals surface area contributed by atoms with Gasteiger partial charge in [-0.05, 0) is 42.0 Å². The molecule has 0 spiro atoms. The molecule has 0 bridgehead atoms. The fourth-order valence-corrected chi connectivity index (χ4v) is 3.28. The van der Waals surface area contributed by atoms with Crippen LogP contribution in [0.3, 0.4) is 0 Å². The highest BCUT2D eigenvalue weighted by Gasteiger charge is 2.31. The Kier molecular flexibility index (Phi) is 4.95. The van der Waals surface area contributed by atoms with Gasteiger partial charge in [-0.25, -0.2) is 14.1 Å². The Balaban J connectivity index is 1.83. The standard InChI is InChI=1S/C21H11F4N7/c22-16-5-13(4-15(6-16)21(23,24)25)10-32-19-17(9-29-32)18(30-20(28)31-19)14-2-11(7-26)1-12(3-14)8-27/h1-6,9H,10H2,(H2,28,30,31). The first kappa shape index (κ1) is 20.8. The van der Waals surface area contributed by atoms with Crippen molar-refractivity contribution >= 4 is 17.0 Å². The summed E-state index contributed by atoms with van der Waals surface area (Å²) in [5.74, 6) is -1.18. The summed E-state index contributed by atoms with van der Waals surface area (Å²) >= 11 is 0. The summed E-state index contributed by atoms with van der Waals surface area (Å²) in [6.45, 7) is -0.206. The van der Waals surface area contributed by atoms with Crippen LogP contribution in [0.4, 0.5) is 23.5 Å². The van der Waals surface area contributed by atoms with Crippen LogP contribution in [-0.4, -0.2) is 19.7 Å². The molecule has 4 aromatic rings. The van der Waals surface area contributed by atoms with Crippen molar-refractivity contribution in [2.75, 3.05) is 5.73 Å². The Labute approximate surface area is 178 Å². The number of hydrogen-bond donors (Lipinski definition) is 1. The lowest BCUT2D eigenvalue weighted by atomic mass is 10.0. The van der Waals surface area contributed by atoms with E-state index in [0.717, 1.165) is 12.1 Å². The van der Waals surface area contributed by atoms with Gasteiger partial charge in [0.1, 0.15) is 5.82 Å². The molecule has 0 aliphatic rings. The molecule has 32 heavy (non-hydrogen) atoms. The Hall–Kier alpha value is -4.51. The van der Waals surface area contributed by atoms with Gasteiger partial charge in [-0.2, -0.15) is 33.8 Å². The number of nitrogens with two attached hydrogens (primary N) is 1. The number of nitriles is 2. The highest BCUT2D eigenvalue weighted by atomic mass is 19.4. The number of nitrogens with zero attached hydrogens (tertiary/aromatic N) is 6. The number of aromatic nitrogens is 4. The van der Waals surface area contributed by atoms with Gasteiger partial charge in [-0.3, -0.25) is 0 Å². The average molecular weight is 437 g/mol. The molecule has 0 aliphatic heterocycles. The van der Waals surface area contributed by atoms with Crippen LogP contribution >= 0.6 is 0 Å². The summed E-state index contributed by atoms with van der Waals surface area (Å²) in [5.41, 5.74) is 6.12. The van der Waals surface area contributed by atoms with Crippen LogP contribution in [0.15, 0.2) is 42.6 Å². The third kappa shape index (κ3) is 3.91. The van der Waals surface area contributed by atoms with E-state index in [9.17, 15) is 28.1 Å². The minimum atomic E-state index is -4.70. The van der Waals surface area contributed by atoms with Gasteiger partial charge in [-0.15, -0.1) is 0 Å². The van der Waals surface area contributed by atoms with E-state index in [0.29, 0.717) is 22.7 Å². The van der Waals surface area contributed by atoms with E-state index < -0.39 is 17.6 Å². The van der Waals surface area contributed by atoms with E-state index in [1.54, 1.807) is 0 Å². The van der Waals surface area contributed by atoms with E-state index in [1.807, 2.05) is 12.1 Å². The normalized spacial score (nSPS) is 11.3. The lowest BCUT2D eigenvalue weighted by Crippen LogP contribution is -2.09. The van der Waals surface area contributed by atoms with Crippen molar-refractivity contribution < 1.29 is 17.6 Å². The first-order valence-electron chi connectivity index (χ1n) is 8.99. The van der Waals surface area contributed by atoms with E-state index in [2.05, 4.69) is 15.1 Å². The Morgan fingerprint density at radius 2 is 1.66 bits per heavy atom. The molecule has 0 saturated carbocycles. The fraction of sp³-hybridized carbons (Fsp3) is 0.0952. The fourth-order valence-electron chi connectivity index (χ4n) is 3.28. The van der Waals surface area contributed by atoms with Gasteiger partial charge in [0.05, 0.1) is 52.7 Å². The molecular formula is C21H11F4N7. The van der Waals surface area contributed by atoms with Gasteiger partial charge in [0, 0.05) is 5.56 Å². The lowest BCUT2D eigenvalue weighted by Gasteiger charge is -2.10. The molecule has 2 heterocycles. The average Bonchev–Trinajstić information content (AvgIpc) is 3.14. The van der Waals surface area contributed by atoms with E-state index in [-0.39, 0.29) is 34.8 Å². The van der Waals surface area contributed by atoms with E-state index in [4.69, 9.17) is 5.73 Å². The summed E-state index contributed by atoms with van der Waals surface area (Å²) < 4.78 is 54.1. The number of fused-ring (bicyclic) bond motifs is 1. The summed E-state index contributed by atoms with van der Waals surface area (Å²) in [6.07, 6.45) is -3.31. The quantitative estimate of drug-likeness (QED) is 0.484. The highest BCUT2D eigenvalue weighted by molar-refractivity contribution is 5.91. The largest absolute Gasteiger partial charge is 0.416 e. The number of rotatable bonds is 3. The van der Waals surface area contributed by atoms with Crippen molar-refractivity contribution in [1.29, 1.82) is 10.5 Å². The Morgan fingerprint density at radius 1 is 0.969 bits per heavy atom. The van der Waals surface area contributed by atoms with Crippen LogP contribution in [0, 0.1) is 28.5 Å². The maximum Gasteiger partial charge on any atom is 0.416 e. The summed E-state index contributed by atoms with van der Waals surface area (Å²) in [7, 11) is 0. The zero-order valence-electron chi connectivity index (χ0n) is 16.0. The number of alkyl halides is 3. The van der Waals surface area contributed by atoms with Crippen LogP contribution in [0.1, 0.15) is 22.3 Å². The Morgan fingerprint density at radius 3 is 2.28 bits per heavy atom. The molecule has 0 fully saturated rings. The molecule has 4 rings (SSSR count). The molecule has 0 aliphatic carbocycles. The van der Waals surface area contributed by atoms with E-state index >= 15 is 0 Å². The number of benzene rings is 2. The first-order chi connectivity index (χ1) is 15.2. The second kappa shape index (κ2) is 7.63. The number of hydrogen-bond acceptors (Lipinski definition) is 6. The van der Waals surface area contributed by atoms with Crippen molar-refractivity contribution in [3.63, 3.8) is 0 Å². The minimum Gasteiger partial charge on any atom is -0.368 e. The molecule has 0 unspecified atom stereocenters. The third-order valence-electron chi connectivity index (χ3n) is 4.60. The van der Waals surface area contributed by atoms with Crippen molar-refractivity contribution in [1.82, 2.24) is 19.7 Å². The van der Waals surface area contributed by atoms with Gasteiger partial charge in [0.15, 0.2) is 5.65 Å². The molecule has 7 nitrogen and oxygen atoms in total. The topological polar surface area (TPSA) is 117 Å². The predicted molar refractivity (Wildman–Crippen MR) is 105 cm³/mol. The molecule has 2 N–H and O–H groups in total. The first-order valence-corrected chi connectivity index (χ1v) is 8.99. The van der Waals surface area contributed by atoms with Gasteiger partial charge in [0.25, 0.3) is 0 Å². The van der Waals surface area contributed by atoms with Gasteiger partial charge in [-0.1, -0.05) is 0 Å². The summed E-state index contributed by atoms with van der Waals surface area (Å²) in [4.78, 5) is 8.31. The van der Waals surface area contributed by atoms with Crippen LogP contribution in [0.5, 0.6) is 0 Å². The second-order valence-corrected chi connectivity index (χ2v) is 6.84. The van der Waals surface area contributed by atoms with Crippen LogP contribution in [0.2, 0.25) is 0 Å². The minimum absolute atomic E-state index is 0.0271. The summed E-state index contributed by atoms with van der Waals surface area (Å²) in [6, 6.07) is 10.6. The second-order valence-electron chi connectivity index (χ2n) is 6.84. The van der Waals surface area contributed by atoms with Gasteiger partial charge in [0.2, 0.25) is 5.95 Å². The molecule has 0 amide bonds. The van der Waals surface area contributed by atoms with Crippen LogP contribution in [0.25, 0.3) is 22.3 Å². The van der Waals surface area contributed by atoms with Gasteiger partial charge < -0.3 is 5.73 Å². The van der Waals surface area contributed by atoms with Crippen LogP contribution in [-0.2, 0) is 12.7 Å². The van der Waals surface area contributed by atoms with Crippen molar-refractivity contribution in [2.45, 2.75) is 12.7 Å². The number of nitrogen functional groups attached to an aromatic ring is 1. The maximum absolute atomic E-state index is 13.8. The van der Waals surface area contributed by atoms with Crippen LogP contribution < -0.4 is 5.73 Å². The number of halogens is 4. The van der Waals surface area contributed by atoms with Gasteiger partial charge >= 0.3 is 6.18 Å². The summed E-state index contributed by atoms with van der Waals surface area (Å²) in [5, 5.41) is 23.0. The SMILES string of the molecule is N#Cc1cc(C#N)cc(-c2nc(N)nc3c2cnn3Cc2cc(F)cc(C(F)(F)F)c2)c1. The Bertz CT molecular complexity index is 1410. The zero-order valence-corrected chi connectivity index (χ0v) is 16.0. The molecule has 0 atom stereocenters. The smallest absolute Gasteiger partial charge is 0.368 e. The molecule has 2 aromatic heterocycles. The zero-order chi connectivity index (χ0) is 23.0. The lowest BCUT2D eigenvalue weighted by molar-refractivity contribution is -0.137. The van der Waals surface area contributed by atoms with Crippen molar-refractivity contribution in [3.05, 3.63) is 70.7 Å². The predicted octanol–water partition coefficient (Wildman–Crippen LogP) is 4.03. The molecular weight excluding hydrogens is 426 g/mol. The molecule has 0 saturated heterocycles. The molecule has 11 heteroatoms. The van der Waals surface area contributed by atoms with E-state index in [1.165, 1.54) is 29.1 Å². The molecule has 2 aromatic carbocycles. The monoisotopic (exact) mass is 437 g/mol. The number of anilines is 1. The molecule has 0 radical (unpaired) electrons. The highest BCUT2D eigenvalue weighted by Crippen LogP contribution is 2.32. The maximum atomic E-state index is 13.8. The third-order valence-corrected chi connectivity index (χ3v) is 4.60. The molecule has 158 valence electrons.